The summed E-state index contributed by atoms with van der Waals surface area (Å²) in [5.41, 5.74) is 5.21. The number of allylic oxidation sites excluding steroid dienone is 1. The van der Waals surface area contributed by atoms with Gasteiger partial charge in [0.1, 0.15) is 0 Å². The fraction of sp³-hybridized carbons (Fsp3) is 0.417. The Hall–Kier alpha value is -1.39. The summed E-state index contributed by atoms with van der Waals surface area (Å²) in [6, 6.07) is 20.1. The molecule has 0 amide bonds. The van der Waals surface area contributed by atoms with Crippen molar-refractivity contribution in [2.45, 2.75) is 51.1 Å². The average Bonchev–Trinajstić information content (AvgIpc) is 3.09. The van der Waals surface area contributed by atoms with Crippen molar-refractivity contribution in [3.05, 3.63) is 77.4 Å². The van der Waals surface area contributed by atoms with Crippen LogP contribution in [0.1, 0.15) is 61.4 Å². The highest BCUT2D eigenvalue weighted by atomic mass is 31.1. The predicted molar refractivity (Wildman–Crippen MR) is 114 cm³/mol. The van der Waals surface area contributed by atoms with E-state index >= 15 is 0 Å². The molecule has 0 nitrogen and oxygen atoms in total. The Morgan fingerprint density at radius 1 is 0.800 bits per heavy atom. The lowest BCUT2D eigenvalue weighted by molar-refractivity contribution is 0.657. The van der Waals surface area contributed by atoms with Crippen LogP contribution in [0.15, 0.2) is 60.7 Å². The van der Waals surface area contributed by atoms with Gasteiger partial charge in [-0.1, -0.05) is 107 Å². The van der Waals surface area contributed by atoms with Crippen LogP contribution in [0.4, 0.5) is 0 Å². The molecule has 25 heavy (non-hydrogen) atoms. The number of unbranched alkanes of at least 4 members (excludes halogenated alkanes) is 4. The second-order valence-corrected chi connectivity index (χ2v) is 9.75. The van der Waals surface area contributed by atoms with E-state index in [4.69, 9.17) is 0 Å². The first-order chi connectivity index (χ1) is 12.4. The number of fused-ring (bicyclic) bond motifs is 1. The molecule has 0 saturated carbocycles. The fourth-order valence-corrected chi connectivity index (χ4v) is 6.69. The van der Waals surface area contributed by atoms with Crippen LogP contribution in [0, 0.1) is 0 Å². The van der Waals surface area contributed by atoms with Gasteiger partial charge in [0.25, 0.3) is 0 Å². The number of rotatable bonds is 10. The molecule has 0 saturated heterocycles. The lowest BCUT2D eigenvalue weighted by Gasteiger charge is -2.25. The predicted octanol–water partition coefficient (Wildman–Crippen LogP) is 7.45. The van der Waals surface area contributed by atoms with Crippen LogP contribution in [-0.2, 0) is 6.42 Å². The van der Waals surface area contributed by atoms with Crippen molar-refractivity contribution < 1.29 is 0 Å². The monoisotopic (exact) mass is 350 g/mol. The molecule has 0 fully saturated rings. The van der Waals surface area contributed by atoms with Crippen LogP contribution >= 0.6 is 7.92 Å². The van der Waals surface area contributed by atoms with Gasteiger partial charge in [0.2, 0.25) is 0 Å². The van der Waals surface area contributed by atoms with E-state index in [0.29, 0.717) is 5.66 Å². The minimum atomic E-state index is 0.0203. The van der Waals surface area contributed by atoms with Gasteiger partial charge in [-0.15, -0.1) is 0 Å². The minimum absolute atomic E-state index is 0.0203. The molecule has 0 aromatic heterocycles. The van der Waals surface area contributed by atoms with E-state index in [2.05, 4.69) is 73.7 Å². The zero-order valence-corrected chi connectivity index (χ0v) is 16.4. The third-order valence-corrected chi connectivity index (χ3v) is 8.17. The van der Waals surface area contributed by atoms with Crippen molar-refractivity contribution in [2.75, 3.05) is 12.3 Å². The van der Waals surface area contributed by atoms with Crippen LogP contribution in [-0.4, -0.2) is 12.3 Å². The van der Waals surface area contributed by atoms with Crippen molar-refractivity contribution in [3.8, 4) is 0 Å². The normalized spacial score (nSPS) is 16.8. The van der Waals surface area contributed by atoms with Crippen molar-refractivity contribution in [1.29, 1.82) is 0 Å². The van der Waals surface area contributed by atoms with E-state index in [1.165, 1.54) is 62.0 Å². The summed E-state index contributed by atoms with van der Waals surface area (Å²) in [6.45, 7) is 2.30. The maximum Gasteiger partial charge on any atom is 0.0230 e. The Morgan fingerprint density at radius 3 is 2.40 bits per heavy atom. The van der Waals surface area contributed by atoms with Gasteiger partial charge < -0.3 is 0 Å². The van der Waals surface area contributed by atoms with Gasteiger partial charge in [-0.25, -0.2) is 0 Å². The van der Waals surface area contributed by atoms with Crippen LogP contribution in [0.3, 0.4) is 0 Å². The van der Waals surface area contributed by atoms with Gasteiger partial charge in [-0.05, 0) is 41.9 Å². The highest BCUT2D eigenvalue weighted by Gasteiger charge is 2.24. The van der Waals surface area contributed by atoms with E-state index in [-0.39, 0.29) is 7.92 Å². The molecule has 2 unspecified atom stereocenters. The molecular weight excluding hydrogens is 319 g/mol. The van der Waals surface area contributed by atoms with E-state index in [1.807, 2.05) is 0 Å². The van der Waals surface area contributed by atoms with Crippen molar-refractivity contribution in [1.82, 2.24) is 0 Å². The van der Waals surface area contributed by atoms with E-state index in [1.54, 1.807) is 5.56 Å². The zero-order valence-electron chi connectivity index (χ0n) is 15.5. The average molecular weight is 350 g/mol. The lowest BCUT2D eigenvalue weighted by atomic mass is 10.1. The van der Waals surface area contributed by atoms with Crippen molar-refractivity contribution in [3.63, 3.8) is 0 Å². The third-order valence-electron chi connectivity index (χ3n) is 5.25. The van der Waals surface area contributed by atoms with Gasteiger partial charge in [0.15, 0.2) is 0 Å². The Kier molecular flexibility index (Phi) is 7.31. The maximum absolute atomic E-state index is 2.49. The van der Waals surface area contributed by atoms with Crippen LogP contribution in [0.2, 0.25) is 0 Å². The zero-order chi connectivity index (χ0) is 17.3. The first-order valence-electron chi connectivity index (χ1n) is 9.93. The summed E-state index contributed by atoms with van der Waals surface area (Å²) in [5, 5.41) is 0. The van der Waals surface area contributed by atoms with Gasteiger partial charge in [-0.2, -0.15) is 0 Å². The third kappa shape index (κ3) is 5.29. The molecule has 0 heterocycles. The summed E-state index contributed by atoms with van der Waals surface area (Å²) >= 11 is 0. The van der Waals surface area contributed by atoms with Gasteiger partial charge in [-0.3, -0.25) is 0 Å². The van der Waals surface area contributed by atoms with Crippen LogP contribution < -0.4 is 0 Å². The molecule has 0 aliphatic heterocycles. The number of hydrogen-bond acceptors (Lipinski definition) is 0. The van der Waals surface area contributed by atoms with Gasteiger partial charge in [0, 0.05) is 5.66 Å². The Balaban J connectivity index is 1.63. The van der Waals surface area contributed by atoms with Gasteiger partial charge >= 0.3 is 0 Å². The van der Waals surface area contributed by atoms with Crippen LogP contribution in [0.5, 0.6) is 0 Å². The first kappa shape index (κ1) is 18.4. The molecule has 0 radical (unpaired) electrons. The molecule has 132 valence electrons. The highest BCUT2D eigenvalue weighted by molar-refractivity contribution is 7.58. The summed E-state index contributed by atoms with van der Waals surface area (Å²) in [7, 11) is 0.0203. The second kappa shape index (κ2) is 9.93. The SMILES string of the molecule is CCCCCCCP(CCc1ccccc1)C1C=Cc2ccccc21. The molecule has 2 aromatic rings. The Morgan fingerprint density at radius 2 is 1.56 bits per heavy atom. The molecule has 1 aliphatic rings. The molecule has 2 atom stereocenters. The highest BCUT2D eigenvalue weighted by Crippen LogP contribution is 2.56. The molecule has 2 aromatic carbocycles. The molecule has 3 rings (SSSR count). The molecule has 0 N–H and O–H groups in total. The minimum Gasteiger partial charge on any atom is -0.0947 e. The largest absolute Gasteiger partial charge is 0.0947 e. The number of hydrogen-bond donors (Lipinski definition) is 0. The number of aryl methyl sites for hydroxylation is 1. The molecule has 0 bridgehead atoms. The summed E-state index contributed by atoms with van der Waals surface area (Å²) in [6.07, 6.45) is 15.8. The van der Waals surface area contributed by atoms with E-state index in [9.17, 15) is 0 Å². The number of benzene rings is 2. The molecule has 1 heteroatoms. The smallest absolute Gasteiger partial charge is 0.0230 e. The standard InChI is InChI=1S/C24H31P/c1-2-3-4-5-11-19-25(20-18-21-12-7-6-8-13-21)24-17-16-22-14-9-10-15-23(22)24/h6-10,12-17,24H,2-5,11,18-20H2,1H3. The van der Waals surface area contributed by atoms with Crippen LogP contribution in [0.25, 0.3) is 6.08 Å². The maximum atomic E-state index is 2.49. The Bertz CT molecular complexity index is 659. The molecule has 1 aliphatic carbocycles. The first-order valence-corrected chi connectivity index (χ1v) is 11.7. The topological polar surface area (TPSA) is 0 Å². The Labute approximate surface area is 155 Å². The van der Waals surface area contributed by atoms with Crippen molar-refractivity contribution >= 4 is 14.0 Å². The second-order valence-electron chi connectivity index (χ2n) is 7.12. The summed E-state index contributed by atoms with van der Waals surface area (Å²) in [5.74, 6) is 0. The summed E-state index contributed by atoms with van der Waals surface area (Å²) < 4.78 is 0. The quantitative estimate of drug-likeness (QED) is 0.308. The molecule has 0 spiro atoms. The van der Waals surface area contributed by atoms with E-state index < -0.39 is 0 Å². The van der Waals surface area contributed by atoms with Crippen molar-refractivity contribution in [2.24, 2.45) is 0 Å². The van der Waals surface area contributed by atoms with Gasteiger partial charge in [0.05, 0.1) is 0 Å². The fourth-order valence-electron chi connectivity index (χ4n) is 3.77. The summed E-state index contributed by atoms with van der Waals surface area (Å²) in [4.78, 5) is 0. The molecular formula is C24H31P. The van der Waals surface area contributed by atoms with E-state index in [0.717, 1.165) is 0 Å². The lowest BCUT2D eigenvalue weighted by Crippen LogP contribution is -2.02.